The molecule has 0 saturated heterocycles. The van der Waals surface area contributed by atoms with E-state index in [1.807, 2.05) is 24.3 Å². The topological polar surface area (TPSA) is 59.7 Å². The van der Waals surface area contributed by atoms with Gasteiger partial charge in [0, 0.05) is 5.56 Å². The first-order valence-electron chi connectivity index (χ1n) is 6.81. The Morgan fingerprint density at radius 1 is 0.636 bits per heavy atom. The number of rotatable bonds is 3. The third-order valence-corrected chi connectivity index (χ3v) is 3.49. The van der Waals surface area contributed by atoms with E-state index >= 15 is 0 Å². The fraction of sp³-hybridized carbons (Fsp3) is 0. The van der Waals surface area contributed by atoms with Crippen LogP contribution in [0.2, 0.25) is 0 Å². The number of aromatic hydroxyl groups is 1. The summed E-state index contributed by atoms with van der Waals surface area (Å²) in [7, 11) is 0. The summed E-state index contributed by atoms with van der Waals surface area (Å²) in [6.45, 7) is 0. The smallest absolute Gasteiger partial charge is 0.137 e. The van der Waals surface area contributed by atoms with E-state index in [1.165, 1.54) is 0 Å². The standard InChI is InChI=1S/C18H12O4/c19-18-13(16-5-2-8-21-16)10-12(15-4-1-7-20-15)11-14(18)17-6-3-9-22-17/h1-11,19H. The molecule has 1 aromatic carbocycles. The lowest BCUT2D eigenvalue weighted by atomic mass is 9.99. The quantitative estimate of drug-likeness (QED) is 0.565. The van der Waals surface area contributed by atoms with Crippen molar-refractivity contribution in [2.24, 2.45) is 0 Å². The molecule has 0 atom stereocenters. The predicted molar refractivity (Wildman–Crippen MR) is 81.2 cm³/mol. The van der Waals surface area contributed by atoms with Gasteiger partial charge in [0.15, 0.2) is 0 Å². The molecule has 4 rings (SSSR count). The summed E-state index contributed by atoms with van der Waals surface area (Å²) in [6.07, 6.45) is 4.75. The second-order valence-corrected chi connectivity index (χ2v) is 4.85. The average Bonchev–Trinajstić information content (AvgIpc) is 3.29. The maximum Gasteiger partial charge on any atom is 0.137 e. The summed E-state index contributed by atoms with van der Waals surface area (Å²) in [5.74, 6) is 1.98. The molecule has 4 heteroatoms. The second kappa shape index (κ2) is 5.00. The molecule has 1 N–H and O–H groups in total. The molecule has 3 aromatic heterocycles. The van der Waals surface area contributed by atoms with Crippen molar-refractivity contribution < 1.29 is 18.4 Å². The van der Waals surface area contributed by atoms with Crippen LogP contribution < -0.4 is 0 Å². The monoisotopic (exact) mass is 292 g/mol. The van der Waals surface area contributed by atoms with Crippen LogP contribution >= 0.6 is 0 Å². The molecule has 0 bridgehead atoms. The Labute approximate surface area is 126 Å². The van der Waals surface area contributed by atoms with Crippen LogP contribution in [0.3, 0.4) is 0 Å². The van der Waals surface area contributed by atoms with E-state index in [0.29, 0.717) is 28.4 Å². The molecule has 22 heavy (non-hydrogen) atoms. The maximum atomic E-state index is 10.6. The highest BCUT2D eigenvalue weighted by molar-refractivity contribution is 5.83. The highest BCUT2D eigenvalue weighted by Gasteiger charge is 2.18. The summed E-state index contributed by atoms with van der Waals surface area (Å²) >= 11 is 0. The largest absolute Gasteiger partial charge is 0.506 e. The molecule has 0 aliphatic carbocycles. The van der Waals surface area contributed by atoms with Crippen LogP contribution in [0, 0.1) is 0 Å². The lowest BCUT2D eigenvalue weighted by Crippen LogP contribution is -1.85. The minimum absolute atomic E-state index is 0.111. The van der Waals surface area contributed by atoms with E-state index in [9.17, 15) is 5.11 Å². The number of phenolic OH excluding ortho intramolecular Hbond substituents is 1. The summed E-state index contributed by atoms with van der Waals surface area (Å²) in [6, 6.07) is 14.5. The maximum absolute atomic E-state index is 10.6. The molecular formula is C18H12O4. The molecule has 0 radical (unpaired) electrons. The average molecular weight is 292 g/mol. The van der Waals surface area contributed by atoms with Crippen LogP contribution in [0.25, 0.3) is 34.0 Å². The minimum atomic E-state index is 0.111. The molecule has 108 valence electrons. The van der Waals surface area contributed by atoms with Crippen LogP contribution in [0.4, 0.5) is 0 Å². The van der Waals surface area contributed by atoms with Gasteiger partial charge in [-0.3, -0.25) is 0 Å². The van der Waals surface area contributed by atoms with Crippen LogP contribution in [0.5, 0.6) is 5.75 Å². The Bertz CT molecular complexity index is 814. The Morgan fingerprint density at radius 2 is 1.09 bits per heavy atom. The van der Waals surface area contributed by atoms with Gasteiger partial charge in [0.25, 0.3) is 0 Å². The number of hydrogen-bond donors (Lipinski definition) is 1. The van der Waals surface area contributed by atoms with Crippen LogP contribution in [0.1, 0.15) is 0 Å². The highest BCUT2D eigenvalue weighted by atomic mass is 16.3. The van der Waals surface area contributed by atoms with Gasteiger partial charge < -0.3 is 18.4 Å². The molecule has 0 fully saturated rings. The number of furan rings is 3. The van der Waals surface area contributed by atoms with Crippen molar-refractivity contribution in [3.8, 4) is 39.7 Å². The molecule has 4 nitrogen and oxygen atoms in total. The third kappa shape index (κ3) is 2.02. The number of benzene rings is 1. The summed E-state index contributed by atoms with van der Waals surface area (Å²) < 4.78 is 16.3. The van der Waals surface area contributed by atoms with Crippen LogP contribution in [-0.2, 0) is 0 Å². The molecule has 0 amide bonds. The molecule has 4 aromatic rings. The molecule has 0 saturated carbocycles. The van der Waals surface area contributed by atoms with Crippen LogP contribution in [0.15, 0.2) is 80.6 Å². The first-order chi connectivity index (χ1) is 10.8. The van der Waals surface area contributed by atoms with Gasteiger partial charge >= 0.3 is 0 Å². The molecule has 3 heterocycles. The van der Waals surface area contributed by atoms with Crippen molar-refractivity contribution in [2.45, 2.75) is 0 Å². The summed E-state index contributed by atoms with van der Waals surface area (Å²) in [5.41, 5.74) is 2.01. The van der Waals surface area contributed by atoms with E-state index in [4.69, 9.17) is 13.3 Å². The van der Waals surface area contributed by atoms with Crippen molar-refractivity contribution in [1.29, 1.82) is 0 Å². The van der Waals surface area contributed by atoms with Crippen molar-refractivity contribution in [2.75, 3.05) is 0 Å². The van der Waals surface area contributed by atoms with E-state index in [-0.39, 0.29) is 5.75 Å². The van der Waals surface area contributed by atoms with Gasteiger partial charge in [0.2, 0.25) is 0 Å². The van der Waals surface area contributed by atoms with E-state index in [1.54, 1.807) is 43.1 Å². The predicted octanol–water partition coefficient (Wildman–Crippen LogP) is 5.17. The Hall–Kier alpha value is -3.14. The van der Waals surface area contributed by atoms with Gasteiger partial charge in [0.1, 0.15) is 23.0 Å². The van der Waals surface area contributed by atoms with Gasteiger partial charge in [-0.05, 0) is 48.5 Å². The van der Waals surface area contributed by atoms with Gasteiger partial charge in [-0.25, -0.2) is 0 Å². The summed E-state index contributed by atoms with van der Waals surface area (Å²) in [4.78, 5) is 0. The lowest BCUT2D eigenvalue weighted by molar-refractivity contribution is 0.472. The van der Waals surface area contributed by atoms with Crippen molar-refractivity contribution in [3.05, 3.63) is 67.3 Å². The molecule has 0 unspecified atom stereocenters. The number of hydrogen-bond acceptors (Lipinski definition) is 4. The van der Waals surface area contributed by atoms with Gasteiger partial charge in [0.05, 0.1) is 29.9 Å². The van der Waals surface area contributed by atoms with Crippen molar-refractivity contribution in [1.82, 2.24) is 0 Å². The Balaban J connectivity index is 1.99. The van der Waals surface area contributed by atoms with Gasteiger partial charge in [-0.15, -0.1) is 0 Å². The first-order valence-corrected chi connectivity index (χ1v) is 6.81. The van der Waals surface area contributed by atoms with Gasteiger partial charge in [-0.2, -0.15) is 0 Å². The minimum Gasteiger partial charge on any atom is -0.506 e. The van der Waals surface area contributed by atoms with Gasteiger partial charge in [-0.1, -0.05) is 0 Å². The Kier molecular flexibility index (Phi) is 2.86. The zero-order valence-electron chi connectivity index (χ0n) is 11.5. The SMILES string of the molecule is Oc1c(-c2ccco2)cc(-c2ccco2)cc1-c1ccco1. The highest BCUT2D eigenvalue weighted by Crippen LogP contribution is 2.42. The second-order valence-electron chi connectivity index (χ2n) is 4.85. The van der Waals surface area contributed by atoms with E-state index in [2.05, 4.69) is 0 Å². The van der Waals surface area contributed by atoms with E-state index < -0.39 is 0 Å². The van der Waals surface area contributed by atoms with Crippen LogP contribution in [-0.4, -0.2) is 5.11 Å². The Morgan fingerprint density at radius 3 is 1.50 bits per heavy atom. The first kappa shape index (κ1) is 12.6. The summed E-state index contributed by atoms with van der Waals surface area (Å²) in [5, 5.41) is 10.6. The normalized spacial score (nSPS) is 10.9. The van der Waals surface area contributed by atoms with Crippen molar-refractivity contribution in [3.63, 3.8) is 0 Å². The molecular weight excluding hydrogens is 280 g/mol. The molecule has 0 aliphatic rings. The molecule has 0 aliphatic heterocycles. The zero-order valence-corrected chi connectivity index (χ0v) is 11.5. The third-order valence-electron chi connectivity index (χ3n) is 3.49. The van der Waals surface area contributed by atoms with Crippen molar-refractivity contribution >= 4 is 0 Å². The lowest BCUT2D eigenvalue weighted by Gasteiger charge is -2.09. The van der Waals surface area contributed by atoms with E-state index in [0.717, 1.165) is 5.56 Å². The number of phenols is 1. The fourth-order valence-electron chi connectivity index (χ4n) is 2.46. The molecule has 0 spiro atoms. The fourth-order valence-corrected chi connectivity index (χ4v) is 2.46. The zero-order chi connectivity index (χ0) is 14.9.